The van der Waals surface area contributed by atoms with Crippen LogP contribution in [0.4, 0.5) is 8.78 Å². The van der Waals surface area contributed by atoms with Crippen LogP contribution in [0.3, 0.4) is 0 Å². The van der Waals surface area contributed by atoms with Crippen molar-refractivity contribution >= 4 is 11.8 Å². The fraction of sp³-hybridized carbons (Fsp3) is 0.600. The molecule has 1 aromatic carbocycles. The molecule has 0 bridgehead atoms. The Balaban J connectivity index is 2.14. The number of carbonyl (C=O) groups is 2. The van der Waals surface area contributed by atoms with Gasteiger partial charge in [-0.25, -0.2) is 8.78 Å². The first-order chi connectivity index (χ1) is 12.0. The van der Waals surface area contributed by atoms with Crippen molar-refractivity contribution in [3.63, 3.8) is 0 Å². The van der Waals surface area contributed by atoms with Crippen molar-refractivity contribution in [1.29, 1.82) is 0 Å². The van der Waals surface area contributed by atoms with Crippen molar-refractivity contribution in [3.05, 3.63) is 35.4 Å². The van der Waals surface area contributed by atoms with Gasteiger partial charge in [0, 0.05) is 23.4 Å². The summed E-state index contributed by atoms with van der Waals surface area (Å²) >= 11 is 0. The van der Waals surface area contributed by atoms with Gasteiger partial charge in [-0.2, -0.15) is 0 Å². The summed E-state index contributed by atoms with van der Waals surface area (Å²) in [6.45, 7) is 5.65. The smallest absolute Gasteiger partial charge is 0.224 e. The molecule has 4 nitrogen and oxygen atoms in total. The number of hydrogen-bond acceptors (Lipinski definition) is 2. The SMILES string of the molecule is CC(C)(C)NC(=O)C(CC1CC1)[C@H](CCc1cc(F)cc(F)c1)C(N)=O. The van der Waals surface area contributed by atoms with E-state index in [9.17, 15) is 18.4 Å². The normalized spacial score (nSPS) is 16.8. The molecule has 6 heteroatoms. The quantitative estimate of drug-likeness (QED) is 0.741. The van der Waals surface area contributed by atoms with Crippen LogP contribution >= 0.6 is 0 Å². The minimum Gasteiger partial charge on any atom is -0.369 e. The Morgan fingerprint density at radius 2 is 1.73 bits per heavy atom. The van der Waals surface area contributed by atoms with Crippen LogP contribution in [-0.4, -0.2) is 17.4 Å². The van der Waals surface area contributed by atoms with Gasteiger partial charge in [0.05, 0.1) is 0 Å². The Labute approximate surface area is 153 Å². The lowest BCUT2D eigenvalue weighted by Gasteiger charge is -2.29. The minimum atomic E-state index is -0.663. The summed E-state index contributed by atoms with van der Waals surface area (Å²) in [5.41, 5.74) is 5.64. The van der Waals surface area contributed by atoms with Crippen LogP contribution in [0.25, 0.3) is 0 Å². The van der Waals surface area contributed by atoms with Crippen LogP contribution < -0.4 is 11.1 Å². The fourth-order valence-electron chi connectivity index (χ4n) is 3.25. The van der Waals surface area contributed by atoms with E-state index >= 15 is 0 Å². The van der Waals surface area contributed by atoms with E-state index in [4.69, 9.17) is 5.73 Å². The molecule has 1 aliphatic rings. The summed E-state index contributed by atoms with van der Waals surface area (Å²) < 4.78 is 26.7. The molecule has 26 heavy (non-hydrogen) atoms. The van der Waals surface area contributed by atoms with E-state index in [0.717, 1.165) is 18.9 Å². The van der Waals surface area contributed by atoms with Gasteiger partial charge in [0.2, 0.25) is 11.8 Å². The molecule has 1 saturated carbocycles. The Bertz CT molecular complexity index is 646. The van der Waals surface area contributed by atoms with E-state index in [1.54, 1.807) is 0 Å². The molecule has 0 aliphatic heterocycles. The molecule has 2 atom stereocenters. The highest BCUT2D eigenvalue weighted by atomic mass is 19.1. The second kappa shape index (κ2) is 8.14. The van der Waals surface area contributed by atoms with E-state index in [1.165, 1.54) is 12.1 Å². The van der Waals surface area contributed by atoms with Crippen molar-refractivity contribution in [3.8, 4) is 0 Å². The standard InChI is InChI=1S/C20H28F2N2O2/c1-20(2,3)24-19(26)17(10-12-4-5-12)16(18(23)25)7-6-13-8-14(21)11-15(22)9-13/h8-9,11-12,16-17H,4-7,10H2,1-3H3,(H2,23,25)(H,24,26)/t16-,17?/m0/s1. The zero-order valence-corrected chi connectivity index (χ0v) is 15.6. The van der Waals surface area contributed by atoms with Crippen molar-refractivity contribution < 1.29 is 18.4 Å². The van der Waals surface area contributed by atoms with Crippen LogP contribution in [0.2, 0.25) is 0 Å². The van der Waals surface area contributed by atoms with Crippen molar-refractivity contribution in [1.82, 2.24) is 5.32 Å². The van der Waals surface area contributed by atoms with Gasteiger partial charge < -0.3 is 11.1 Å². The van der Waals surface area contributed by atoms with Crippen LogP contribution in [0.15, 0.2) is 18.2 Å². The highest BCUT2D eigenvalue weighted by molar-refractivity contribution is 5.87. The number of hydrogen-bond donors (Lipinski definition) is 2. The topological polar surface area (TPSA) is 72.2 Å². The Hall–Kier alpha value is -1.98. The third-order valence-electron chi connectivity index (χ3n) is 4.64. The summed E-state index contributed by atoms with van der Waals surface area (Å²) in [5, 5.41) is 2.94. The molecule has 1 unspecified atom stereocenters. The maximum atomic E-state index is 13.4. The van der Waals surface area contributed by atoms with E-state index in [0.29, 0.717) is 17.9 Å². The van der Waals surface area contributed by atoms with Gasteiger partial charge in [0.25, 0.3) is 0 Å². The summed E-state index contributed by atoms with van der Waals surface area (Å²) in [4.78, 5) is 24.8. The highest BCUT2D eigenvalue weighted by Crippen LogP contribution is 2.38. The van der Waals surface area contributed by atoms with E-state index in [2.05, 4.69) is 5.32 Å². The number of primary amides is 1. The van der Waals surface area contributed by atoms with Gasteiger partial charge in [0.15, 0.2) is 0 Å². The molecule has 1 fully saturated rings. The predicted octanol–water partition coefficient (Wildman–Crippen LogP) is 3.33. The average Bonchev–Trinajstić information content (AvgIpc) is 3.27. The first kappa shape index (κ1) is 20.3. The first-order valence-corrected chi connectivity index (χ1v) is 9.11. The van der Waals surface area contributed by atoms with Crippen LogP contribution in [0.1, 0.15) is 52.0 Å². The number of nitrogens with two attached hydrogens (primary N) is 1. The molecule has 0 heterocycles. The lowest BCUT2D eigenvalue weighted by atomic mass is 9.82. The zero-order valence-electron chi connectivity index (χ0n) is 15.6. The van der Waals surface area contributed by atoms with Gasteiger partial charge in [0.1, 0.15) is 11.6 Å². The third-order valence-corrected chi connectivity index (χ3v) is 4.64. The average molecular weight is 366 g/mol. The van der Waals surface area contributed by atoms with Gasteiger partial charge >= 0.3 is 0 Å². The Kier molecular flexibility index (Phi) is 6.37. The molecular weight excluding hydrogens is 338 g/mol. The molecule has 0 spiro atoms. The largest absolute Gasteiger partial charge is 0.369 e. The van der Waals surface area contributed by atoms with Crippen LogP contribution in [0, 0.1) is 29.4 Å². The van der Waals surface area contributed by atoms with E-state index < -0.39 is 34.9 Å². The zero-order chi connectivity index (χ0) is 19.5. The first-order valence-electron chi connectivity index (χ1n) is 9.11. The number of rotatable bonds is 8. The number of carbonyl (C=O) groups excluding carboxylic acids is 2. The minimum absolute atomic E-state index is 0.182. The second-order valence-electron chi connectivity index (χ2n) is 8.35. The predicted molar refractivity (Wildman–Crippen MR) is 96.1 cm³/mol. The molecule has 3 N–H and O–H groups in total. The third kappa shape index (κ3) is 6.39. The number of aryl methyl sites for hydroxylation is 1. The Morgan fingerprint density at radius 3 is 2.19 bits per heavy atom. The van der Waals surface area contributed by atoms with Gasteiger partial charge in [-0.15, -0.1) is 0 Å². The van der Waals surface area contributed by atoms with E-state index in [-0.39, 0.29) is 18.7 Å². The molecule has 0 radical (unpaired) electrons. The highest BCUT2D eigenvalue weighted by Gasteiger charge is 2.38. The molecule has 2 amide bonds. The maximum Gasteiger partial charge on any atom is 0.224 e. The van der Waals surface area contributed by atoms with Crippen molar-refractivity contribution in [2.24, 2.45) is 23.5 Å². The lowest BCUT2D eigenvalue weighted by Crippen LogP contribution is -2.47. The molecular formula is C20H28F2N2O2. The van der Waals surface area contributed by atoms with E-state index in [1.807, 2.05) is 20.8 Å². The van der Waals surface area contributed by atoms with Crippen LogP contribution in [0.5, 0.6) is 0 Å². The number of nitrogens with one attached hydrogen (secondary N) is 1. The summed E-state index contributed by atoms with van der Waals surface area (Å²) in [5.74, 6) is -2.78. The molecule has 144 valence electrons. The van der Waals surface area contributed by atoms with Gasteiger partial charge in [-0.05, 0) is 63.6 Å². The maximum absolute atomic E-state index is 13.4. The van der Waals surface area contributed by atoms with Crippen LogP contribution in [-0.2, 0) is 16.0 Å². The summed E-state index contributed by atoms with van der Waals surface area (Å²) in [6.07, 6.45) is 3.30. The monoisotopic (exact) mass is 366 g/mol. The molecule has 1 aliphatic carbocycles. The van der Waals surface area contributed by atoms with Gasteiger partial charge in [-0.3, -0.25) is 9.59 Å². The molecule has 0 saturated heterocycles. The fourth-order valence-corrected chi connectivity index (χ4v) is 3.25. The molecule has 2 rings (SSSR count). The molecule has 1 aromatic rings. The number of halogens is 2. The van der Waals surface area contributed by atoms with Crippen molar-refractivity contribution in [2.45, 2.75) is 58.4 Å². The summed E-state index contributed by atoms with van der Waals surface area (Å²) in [7, 11) is 0. The number of amides is 2. The second-order valence-corrected chi connectivity index (χ2v) is 8.35. The van der Waals surface area contributed by atoms with Crippen molar-refractivity contribution in [2.75, 3.05) is 0 Å². The Morgan fingerprint density at radius 1 is 1.15 bits per heavy atom. The lowest BCUT2D eigenvalue weighted by molar-refractivity contribution is -0.135. The molecule has 0 aromatic heterocycles. The van der Waals surface area contributed by atoms with Gasteiger partial charge in [-0.1, -0.05) is 12.8 Å². The summed E-state index contributed by atoms with van der Waals surface area (Å²) in [6, 6.07) is 3.29. The number of benzene rings is 1.